The SMILES string of the molecule is COc1cccc(CC(NN)C(C)OC)c1F. The molecule has 0 aliphatic heterocycles. The Balaban J connectivity index is 2.86. The molecule has 0 saturated heterocycles. The molecule has 1 aromatic rings. The Hall–Kier alpha value is -1.17. The number of ether oxygens (including phenoxy) is 2. The fraction of sp³-hybridized carbons (Fsp3) is 0.500. The molecule has 2 atom stereocenters. The minimum Gasteiger partial charge on any atom is -0.494 e. The van der Waals surface area contributed by atoms with Crippen molar-refractivity contribution in [2.45, 2.75) is 25.5 Å². The predicted octanol–water partition coefficient (Wildman–Crippen LogP) is 1.24. The summed E-state index contributed by atoms with van der Waals surface area (Å²) < 4.78 is 24.0. The van der Waals surface area contributed by atoms with Crippen molar-refractivity contribution in [1.82, 2.24) is 5.43 Å². The molecule has 0 spiro atoms. The number of hydrogen-bond donors (Lipinski definition) is 2. The third-order valence-electron chi connectivity index (χ3n) is 2.86. The second-order valence-electron chi connectivity index (χ2n) is 3.85. The Bertz CT molecular complexity index is 360. The van der Waals surface area contributed by atoms with Crippen LogP contribution in [0.25, 0.3) is 0 Å². The van der Waals surface area contributed by atoms with Gasteiger partial charge in [0.15, 0.2) is 11.6 Å². The minimum atomic E-state index is -0.349. The van der Waals surface area contributed by atoms with Gasteiger partial charge in [0.05, 0.1) is 19.3 Å². The van der Waals surface area contributed by atoms with E-state index in [9.17, 15) is 4.39 Å². The number of benzene rings is 1. The van der Waals surface area contributed by atoms with E-state index in [1.54, 1.807) is 25.3 Å². The Morgan fingerprint density at radius 1 is 1.41 bits per heavy atom. The van der Waals surface area contributed by atoms with Crippen molar-refractivity contribution in [2.75, 3.05) is 14.2 Å². The van der Waals surface area contributed by atoms with Crippen molar-refractivity contribution in [3.63, 3.8) is 0 Å². The summed E-state index contributed by atoms with van der Waals surface area (Å²) in [4.78, 5) is 0. The number of rotatable bonds is 6. The number of hydrogen-bond acceptors (Lipinski definition) is 4. The van der Waals surface area contributed by atoms with Crippen LogP contribution in [-0.4, -0.2) is 26.4 Å². The zero-order chi connectivity index (χ0) is 12.8. The molecule has 1 rings (SSSR count). The van der Waals surface area contributed by atoms with Crippen molar-refractivity contribution in [3.8, 4) is 5.75 Å². The minimum absolute atomic E-state index is 0.106. The van der Waals surface area contributed by atoms with Gasteiger partial charge >= 0.3 is 0 Å². The first kappa shape index (κ1) is 13.9. The van der Waals surface area contributed by atoms with Crippen LogP contribution >= 0.6 is 0 Å². The first-order valence-electron chi connectivity index (χ1n) is 5.44. The van der Waals surface area contributed by atoms with Crippen molar-refractivity contribution in [3.05, 3.63) is 29.6 Å². The van der Waals surface area contributed by atoms with Crippen LogP contribution in [0.3, 0.4) is 0 Å². The van der Waals surface area contributed by atoms with Crippen molar-refractivity contribution < 1.29 is 13.9 Å². The van der Waals surface area contributed by atoms with E-state index >= 15 is 0 Å². The van der Waals surface area contributed by atoms with Crippen LogP contribution in [0.4, 0.5) is 4.39 Å². The maximum atomic E-state index is 13.9. The van der Waals surface area contributed by atoms with Crippen LogP contribution in [0.15, 0.2) is 18.2 Å². The lowest BCUT2D eigenvalue weighted by Gasteiger charge is -2.22. The Labute approximate surface area is 101 Å². The van der Waals surface area contributed by atoms with E-state index in [2.05, 4.69) is 5.43 Å². The first-order chi connectivity index (χ1) is 8.13. The Morgan fingerprint density at radius 2 is 2.12 bits per heavy atom. The molecule has 0 radical (unpaired) electrons. The van der Waals surface area contributed by atoms with Gasteiger partial charge in [0, 0.05) is 7.11 Å². The van der Waals surface area contributed by atoms with Gasteiger partial charge in [0.2, 0.25) is 0 Å². The third-order valence-corrected chi connectivity index (χ3v) is 2.86. The third kappa shape index (κ3) is 3.39. The second-order valence-corrected chi connectivity index (χ2v) is 3.85. The van der Waals surface area contributed by atoms with Gasteiger partial charge in [0.25, 0.3) is 0 Å². The van der Waals surface area contributed by atoms with E-state index in [-0.39, 0.29) is 23.7 Å². The standard InChI is InChI=1S/C12H19FN2O2/c1-8(16-2)10(15-14)7-9-5-4-6-11(17-3)12(9)13/h4-6,8,10,15H,7,14H2,1-3H3. The lowest BCUT2D eigenvalue weighted by Crippen LogP contribution is -2.45. The van der Waals surface area contributed by atoms with E-state index < -0.39 is 0 Å². The maximum absolute atomic E-state index is 13.9. The number of halogens is 1. The van der Waals surface area contributed by atoms with Gasteiger partial charge in [-0.25, -0.2) is 4.39 Å². The summed E-state index contributed by atoms with van der Waals surface area (Å²) in [7, 11) is 3.04. The molecule has 3 N–H and O–H groups in total. The van der Waals surface area contributed by atoms with Crippen LogP contribution in [0.5, 0.6) is 5.75 Å². The van der Waals surface area contributed by atoms with E-state index in [1.165, 1.54) is 7.11 Å². The van der Waals surface area contributed by atoms with Gasteiger partial charge in [-0.1, -0.05) is 12.1 Å². The van der Waals surface area contributed by atoms with E-state index in [1.807, 2.05) is 6.92 Å². The summed E-state index contributed by atoms with van der Waals surface area (Å²) >= 11 is 0. The molecule has 2 unspecified atom stereocenters. The van der Waals surface area contributed by atoms with Crippen LogP contribution in [0.2, 0.25) is 0 Å². The summed E-state index contributed by atoms with van der Waals surface area (Å²) in [6.07, 6.45) is 0.333. The highest BCUT2D eigenvalue weighted by molar-refractivity contribution is 5.31. The molecule has 0 aliphatic carbocycles. The lowest BCUT2D eigenvalue weighted by atomic mass is 10.0. The molecule has 0 bridgehead atoms. The molecule has 96 valence electrons. The molecule has 0 fully saturated rings. The zero-order valence-electron chi connectivity index (χ0n) is 10.4. The summed E-state index contributed by atoms with van der Waals surface area (Å²) in [5, 5.41) is 0. The van der Waals surface area contributed by atoms with Gasteiger partial charge in [-0.15, -0.1) is 0 Å². The predicted molar refractivity (Wildman–Crippen MR) is 64.2 cm³/mol. The average Bonchev–Trinajstić information content (AvgIpc) is 2.36. The topological polar surface area (TPSA) is 56.5 Å². The van der Waals surface area contributed by atoms with Crippen molar-refractivity contribution >= 4 is 0 Å². The molecular formula is C12H19FN2O2. The molecule has 0 amide bonds. The highest BCUT2D eigenvalue weighted by Crippen LogP contribution is 2.21. The normalized spacial score (nSPS) is 14.4. The molecule has 0 saturated carbocycles. The van der Waals surface area contributed by atoms with Crippen LogP contribution in [-0.2, 0) is 11.2 Å². The maximum Gasteiger partial charge on any atom is 0.168 e. The van der Waals surface area contributed by atoms with Gasteiger partial charge < -0.3 is 9.47 Å². The summed E-state index contributed by atoms with van der Waals surface area (Å²) in [6.45, 7) is 1.88. The van der Waals surface area contributed by atoms with E-state index in [0.29, 0.717) is 12.0 Å². The first-order valence-corrected chi connectivity index (χ1v) is 5.44. The molecule has 0 aromatic heterocycles. The lowest BCUT2D eigenvalue weighted by molar-refractivity contribution is 0.0828. The fourth-order valence-electron chi connectivity index (χ4n) is 1.63. The number of nitrogens with one attached hydrogen (secondary N) is 1. The van der Waals surface area contributed by atoms with Crippen LogP contribution < -0.4 is 16.0 Å². The molecular weight excluding hydrogens is 223 g/mol. The number of methoxy groups -OCH3 is 2. The van der Waals surface area contributed by atoms with E-state index in [0.717, 1.165) is 0 Å². The summed E-state index contributed by atoms with van der Waals surface area (Å²) in [6, 6.07) is 4.90. The van der Waals surface area contributed by atoms with Gasteiger partial charge in [-0.05, 0) is 25.0 Å². The van der Waals surface area contributed by atoms with Crippen molar-refractivity contribution in [1.29, 1.82) is 0 Å². The second kappa shape index (κ2) is 6.54. The monoisotopic (exact) mass is 242 g/mol. The molecule has 4 nitrogen and oxygen atoms in total. The quantitative estimate of drug-likeness (QED) is 0.582. The number of hydrazine groups is 1. The van der Waals surface area contributed by atoms with Crippen LogP contribution in [0, 0.1) is 5.82 Å². The van der Waals surface area contributed by atoms with E-state index in [4.69, 9.17) is 15.3 Å². The molecule has 5 heteroatoms. The Kier molecular flexibility index (Phi) is 5.34. The molecule has 1 aromatic carbocycles. The largest absolute Gasteiger partial charge is 0.494 e. The highest BCUT2D eigenvalue weighted by Gasteiger charge is 2.18. The van der Waals surface area contributed by atoms with Gasteiger partial charge in [0.1, 0.15) is 0 Å². The highest BCUT2D eigenvalue weighted by atomic mass is 19.1. The molecule has 0 heterocycles. The van der Waals surface area contributed by atoms with Gasteiger partial charge in [-0.3, -0.25) is 11.3 Å². The number of nitrogens with two attached hydrogens (primary N) is 1. The van der Waals surface area contributed by atoms with Crippen LogP contribution in [0.1, 0.15) is 12.5 Å². The summed E-state index contributed by atoms with van der Waals surface area (Å²) in [5.74, 6) is 5.32. The molecule has 0 aliphatic rings. The molecule has 17 heavy (non-hydrogen) atoms. The van der Waals surface area contributed by atoms with Crippen molar-refractivity contribution in [2.24, 2.45) is 5.84 Å². The fourth-order valence-corrected chi connectivity index (χ4v) is 1.63. The summed E-state index contributed by atoms with van der Waals surface area (Å²) in [5.41, 5.74) is 3.19. The average molecular weight is 242 g/mol. The van der Waals surface area contributed by atoms with Gasteiger partial charge in [-0.2, -0.15) is 0 Å². The Morgan fingerprint density at radius 3 is 2.65 bits per heavy atom. The zero-order valence-corrected chi connectivity index (χ0v) is 10.4. The smallest absolute Gasteiger partial charge is 0.168 e.